The summed E-state index contributed by atoms with van der Waals surface area (Å²) in [4.78, 5) is 0. The predicted molar refractivity (Wildman–Crippen MR) is 116 cm³/mol. The zero-order valence-electron chi connectivity index (χ0n) is 15.6. The second kappa shape index (κ2) is 6.61. The van der Waals surface area contributed by atoms with Gasteiger partial charge in [-0.15, -0.1) is 0 Å². The molecule has 1 radical (unpaired) electrons. The number of hydrogen-bond donors (Lipinski definition) is 0. The van der Waals surface area contributed by atoms with Gasteiger partial charge in [-0.3, -0.25) is 0 Å². The quantitative estimate of drug-likeness (QED) is 0.231. The van der Waals surface area contributed by atoms with E-state index in [0.717, 1.165) is 0 Å². The number of hydrogen-bond acceptors (Lipinski definition) is 2. The zero-order chi connectivity index (χ0) is 18.4. The molecule has 3 heteroatoms. The van der Waals surface area contributed by atoms with Crippen molar-refractivity contribution in [3.63, 3.8) is 0 Å². The van der Waals surface area contributed by atoms with Crippen molar-refractivity contribution in [3.8, 4) is 0 Å². The second-order valence-corrected chi connectivity index (χ2v) is 8.45. The average molecular weight is 370 g/mol. The lowest BCUT2D eigenvalue weighted by Gasteiger charge is -2.20. The van der Waals surface area contributed by atoms with Gasteiger partial charge in [0.2, 0.25) is 0 Å². The molecule has 5 aromatic carbocycles. The smallest absolute Gasteiger partial charge is 0.390 e. The molecule has 0 aromatic heterocycles. The van der Waals surface area contributed by atoms with Gasteiger partial charge in [0.15, 0.2) is 0 Å². The van der Waals surface area contributed by atoms with Crippen molar-refractivity contribution in [1.29, 1.82) is 0 Å². The third kappa shape index (κ3) is 2.47. The van der Waals surface area contributed by atoms with Gasteiger partial charge in [-0.05, 0) is 56.9 Å². The van der Waals surface area contributed by atoms with E-state index in [1.807, 2.05) is 13.8 Å². The van der Waals surface area contributed by atoms with Gasteiger partial charge in [0.25, 0.3) is 0 Å². The van der Waals surface area contributed by atoms with Crippen molar-refractivity contribution in [1.82, 2.24) is 0 Å². The first-order valence-electron chi connectivity index (χ1n) is 9.54. The number of benzene rings is 5. The largest absolute Gasteiger partial charge is 0.424 e. The lowest BCUT2D eigenvalue weighted by atomic mass is 9.90. The van der Waals surface area contributed by atoms with E-state index in [4.69, 9.17) is 8.85 Å². The molecule has 0 saturated carbocycles. The highest BCUT2D eigenvalue weighted by Gasteiger charge is 2.24. The van der Waals surface area contributed by atoms with Crippen LogP contribution in [0.25, 0.3) is 43.1 Å². The SMILES string of the molecule is CCO[Si](OCC)c1ccc2cccc3c4cccc5cccc(c1c23)c54. The Hall–Kier alpha value is -2.46. The molecule has 0 heterocycles. The summed E-state index contributed by atoms with van der Waals surface area (Å²) in [6, 6.07) is 24.2. The summed E-state index contributed by atoms with van der Waals surface area (Å²) in [5.41, 5.74) is 0. The van der Waals surface area contributed by atoms with Crippen LogP contribution in [0.3, 0.4) is 0 Å². The Morgan fingerprint density at radius 1 is 0.593 bits per heavy atom. The van der Waals surface area contributed by atoms with Crippen LogP contribution in [0.5, 0.6) is 0 Å². The van der Waals surface area contributed by atoms with Crippen molar-refractivity contribution in [2.45, 2.75) is 13.8 Å². The Kier molecular flexibility index (Phi) is 4.08. The van der Waals surface area contributed by atoms with E-state index in [-0.39, 0.29) is 0 Å². The minimum atomic E-state index is -1.54. The van der Waals surface area contributed by atoms with Gasteiger partial charge in [-0.1, -0.05) is 66.7 Å². The molecule has 0 unspecified atom stereocenters. The van der Waals surface area contributed by atoms with Crippen LogP contribution in [0.1, 0.15) is 13.8 Å². The molecule has 133 valence electrons. The molecule has 2 nitrogen and oxygen atoms in total. The first kappa shape index (κ1) is 16.7. The van der Waals surface area contributed by atoms with Crippen molar-refractivity contribution >= 4 is 57.6 Å². The van der Waals surface area contributed by atoms with E-state index in [1.165, 1.54) is 48.3 Å². The van der Waals surface area contributed by atoms with Gasteiger partial charge >= 0.3 is 9.28 Å². The van der Waals surface area contributed by atoms with Crippen LogP contribution in [-0.2, 0) is 8.85 Å². The van der Waals surface area contributed by atoms with E-state index in [1.54, 1.807) is 0 Å². The molecular weight excluding hydrogens is 348 g/mol. The fourth-order valence-corrected chi connectivity index (χ4v) is 5.89. The molecule has 0 spiro atoms. The van der Waals surface area contributed by atoms with Crippen LogP contribution >= 0.6 is 0 Å². The van der Waals surface area contributed by atoms with Crippen LogP contribution in [0, 0.1) is 0 Å². The highest BCUT2D eigenvalue weighted by atomic mass is 28.3. The third-order valence-electron chi connectivity index (χ3n) is 5.28. The summed E-state index contributed by atoms with van der Waals surface area (Å²) in [7, 11) is -1.54. The minimum Gasteiger partial charge on any atom is -0.390 e. The van der Waals surface area contributed by atoms with Gasteiger partial charge < -0.3 is 8.85 Å². The maximum atomic E-state index is 6.09. The molecule has 5 aromatic rings. The molecule has 0 aliphatic heterocycles. The summed E-state index contributed by atoms with van der Waals surface area (Å²) < 4.78 is 12.2. The first-order valence-corrected chi connectivity index (χ1v) is 10.9. The molecule has 0 bridgehead atoms. The van der Waals surface area contributed by atoms with Crippen molar-refractivity contribution in [2.75, 3.05) is 13.2 Å². The topological polar surface area (TPSA) is 18.5 Å². The lowest BCUT2D eigenvalue weighted by molar-refractivity contribution is 0.225. The first-order chi connectivity index (χ1) is 13.3. The second-order valence-electron chi connectivity index (χ2n) is 6.75. The normalized spacial score (nSPS) is 12.3. The molecule has 0 aliphatic carbocycles. The lowest BCUT2D eigenvalue weighted by Crippen LogP contribution is -2.37. The summed E-state index contributed by atoms with van der Waals surface area (Å²) in [5, 5.41) is 11.6. The molecule has 5 rings (SSSR count). The molecule has 0 saturated heterocycles. The average Bonchev–Trinajstić information content (AvgIpc) is 2.71. The summed E-state index contributed by atoms with van der Waals surface area (Å²) in [6.45, 7) is 5.40. The van der Waals surface area contributed by atoms with E-state index in [9.17, 15) is 0 Å². The summed E-state index contributed by atoms with van der Waals surface area (Å²) in [5.74, 6) is 0. The van der Waals surface area contributed by atoms with E-state index >= 15 is 0 Å². The fourth-order valence-electron chi connectivity index (χ4n) is 4.29. The van der Waals surface area contributed by atoms with E-state index < -0.39 is 9.28 Å². The predicted octanol–water partition coefficient (Wildman–Crippen LogP) is 5.51. The van der Waals surface area contributed by atoms with Crippen molar-refractivity contribution < 1.29 is 8.85 Å². The monoisotopic (exact) mass is 369 g/mol. The molecule has 0 aliphatic rings. The molecule has 0 amide bonds. The molecule has 27 heavy (non-hydrogen) atoms. The molecule has 0 atom stereocenters. The molecule has 0 N–H and O–H groups in total. The van der Waals surface area contributed by atoms with Crippen LogP contribution < -0.4 is 5.19 Å². The highest BCUT2D eigenvalue weighted by Crippen LogP contribution is 2.39. The van der Waals surface area contributed by atoms with Gasteiger partial charge in [0.05, 0.1) is 0 Å². The standard InChI is InChI=1S/C24H21O2Si/c1-3-25-27(26-4-2)21-15-14-17-10-6-12-19-18-11-5-8-16-9-7-13-20(22(16)18)24(21)23(17)19/h5-15H,3-4H2,1-2H3. The van der Waals surface area contributed by atoms with E-state index in [0.29, 0.717) is 13.2 Å². The van der Waals surface area contributed by atoms with Gasteiger partial charge in [0, 0.05) is 18.4 Å². The maximum absolute atomic E-state index is 6.09. The Morgan fingerprint density at radius 2 is 1.15 bits per heavy atom. The van der Waals surface area contributed by atoms with Crippen LogP contribution in [0.4, 0.5) is 0 Å². The zero-order valence-corrected chi connectivity index (χ0v) is 16.6. The Morgan fingerprint density at radius 3 is 1.78 bits per heavy atom. The Balaban J connectivity index is 2.03. The van der Waals surface area contributed by atoms with Crippen molar-refractivity contribution in [2.24, 2.45) is 0 Å². The fraction of sp³-hybridized carbons (Fsp3) is 0.167. The Labute approximate surface area is 160 Å². The van der Waals surface area contributed by atoms with Crippen LogP contribution in [0.2, 0.25) is 0 Å². The van der Waals surface area contributed by atoms with Crippen LogP contribution in [-0.4, -0.2) is 22.5 Å². The van der Waals surface area contributed by atoms with E-state index in [2.05, 4.69) is 66.7 Å². The molecule has 0 fully saturated rings. The maximum Gasteiger partial charge on any atom is 0.424 e. The molecular formula is C24H21O2Si. The number of fused-ring (bicyclic) bond motifs is 2. The van der Waals surface area contributed by atoms with Gasteiger partial charge in [0.1, 0.15) is 0 Å². The number of rotatable bonds is 5. The third-order valence-corrected chi connectivity index (χ3v) is 7.24. The summed E-state index contributed by atoms with van der Waals surface area (Å²) >= 11 is 0. The highest BCUT2D eigenvalue weighted by molar-refractivity contribution is 6.66. The van der Waals surface area contributed by atoms with Gasteiger partial charge in [-0.25, -0.2) is 0 Å². The van der Waals surface area contributed by atoms with Crippen LogP contribution in [0.15, 0.2) is 66.7 Å². The van der Waals surface area contributed by atoms with Crippen molar-refractivity contribution in [3.05, 3.63) is 66.7 Å². The van der Waals surface area contributed by atoms with Gasteiger partial charge in [-0.2, -0.15) is 0 Å². The minimum absolute atomic E-state index is 0.661. The Bertz CT molecular complexity index is 1250. The summed E-state index contributed by atoms with van der Waals surface area (Å²) in [6.07, 6.45) is 0.